The SMILES string of the molecule is C.CC(C)C.CC1CC1.COC. The van der Waals surface area contributed by atoms with Gasteiger partial charge in [-0.1, -0.05) is 48.0 Å². The predicted molar refractivity (Wildman–Crippen MR) is 58.6 cm³/mol. The lowest BCUT2D eigenvalue weighted by Gasteiger charge is -1.79. The summed E-state index contributed by atoms with van der Waals surface area (Å²) in [5, 5.41) is 0. The first kappa shape index (κ1) is 17.9. The van der Waals surface area contributed by atoms with Gasteiger partial charge in [-0.05, 0) is 11.8 Å². The summed E-state index contributed by atoms with van der Waals surface area (Å²) in [6.45, 7) is 8.78. The minimum Gasteiger partial charge on any atom is -0.388 e. The Morgan fingerprint density at radius 3 is 1.17 bits per heavy atom. The second-order valence-electron chi connectivity index (χ2n) is 3.82. The van der Waals surface area contributed by atoms with Crippen molar-refractivity contribution in [1.82, 2.24) is 0 Å². The van der Waals surface area contributed by atoms with Gasteiger partial charge in [-0.3, -0.25) is 0 Å². The summed E-state index contributed by atoms with van der Waals surface area (Å²) < 4.78 is 4.25. The molecular formula is C11H28O. The largest absolute Gasteiger partial charge is 0.388 e. The van der Waals surface area contributed by atoms with E-state index in [-0.39, 0.29) is 7.43 Å². The van der Waals surface area contributed by atoms with Crippen LogP contribution in [0.25, 0.3) is 0 Å². The Kier molecular flexibility index (Phi) is 20.2. The third-order valence-corrected chi connectivity index (χ3v) is 0.866. The summed E-state index contributed by atoms with van der Waals surface area (Å²) in [7, 11) is 3.25. The molecule has 0 aliphatic heterocycles. The van der Waals surface area contributed by atoms with Crippen LogP contribution in [0, 0.1) is 11.8 Å². The van der Waals surface area contributed by atoms with Crippen LogP contribution >= 0.6 is 0 Å². The van der Waals surface area contributed by atoms with Crippen molar-refractivity contribution in [1.29, 1.82) is 0 Å². The second-order valence-corrected chi connectivity index (χ2v) is 3.82. The van der Waals surface area contributed by atoms with E-state index in [1.54, 1.807) is 14.2 Å². The van der Waals surface area contributed by atoms with Crippen LogP contribution in [-0.2, 0) is 4.74 Å². The zero-order chi connectivity index (χ0) is 9.28. The summed E-state index contributed by atoms with van der Waals surface area (Å²) in [4.78, 5) is 0. The minimum atomic E-state index is 0. The van der Waals surface area contributed by atoms with Gasteiger partial charge in [0.25, 0.3) is 0 Å². The molecule has 1 rings (SSSR count). The highest BCUT2D eigenvalue weighted by Gasteiger charge is 2.12. The van der Waals surface area contributed by atoms with E-state index < -0.39 is 0 Å². The van der Waals surface area contributed by atoms with E-state index in [0.29, 0.717) is 0 Å². The molecule has 0 heterocycles. The van der Waals surface area contributed by atoms with Crippen molar-refractivity contribution in [3.8, 4) is 0 Å². The molecule has 0 radical (unpaired) electrons. The number of ether oxygens (including phenoxy) is 1. The molecule has 1 fully saturated rings. The molecule has 0 bridgehead atoms. The molecule has 0 saturated heterocycles. The molecule has 0 spiro atoms. The summed E-state index contributed by atoms with van der Waals surface area (Å²) in [6, 6.07) is 0. The number of hydrogen-bond donors (Lipinski definition) is 0. The fourth-order valence-corrected chi connectivity index (χ4v) is 0.167. The number of rotatable bonds is 0. The van der Waals surface area contributed by atoms with Gasteiger partial charge >= 0.3 is 0 Å². The van der Waals surface area contributed by atoms with Gasteiger partial charge in [-0.15, -0.1) is 0 Å². The van der Waals surface area contributed by atoms with Gasteiger partial charge in [-0.25, -0.2) is 0 Å². The minimum absolute atomic E-state index is 0. The Morgan fingerprint density at radius 2 is 1.17 bits per heavy atom. The summed E-state index contributed by atoms with van der Waals surface area (Å²) in [5.74, 6) is 1.92. The normalized spacial score (nSPS) is 13.2. The third-order valence-electron chi connectivity index (χ3n) is 0.866. The highest BCUT2D eigenvalue weighted by Crippen LogP contribution is 2.26. The van der Waals surface area contributed by atoms with Crippen molar-refractivity contribution in [2.45, 2.75) is 48.0 Å². The van der Waals surface area contributed by atoms with Gasteiger partial charge in [0.15, 0.2) is 0 Å². The first-order valence-corrected chi connectivity index (χ1v) is 4.44. The van der Waals surface area contributed by atoms with Gasteiger partial charge in [0.2, 0.25) is 0 Å². The van der Waals surface area contributed by atoms with Crippen LogP contribution in [0.5, 0.6) is 0 Å². The van der Waals surface area contributed by atoms with Crippen LogP contribution in [0.1, 0.15) is 48.0 Å². The molecule has 12 heavy (non-hydrogen) atoms. The highest BCUT2D eigenvalue weighted by atomic mass is 16.4. The van der Waals surface area contributed by atoms with Crippen LogP contribution in [-0.4, -0.2) is 14.2 Å². The molecule has 78 valence electrons. The predicted octanol–water partition coefficient (Wildman–Crippen LogP) is 3.98. The number of methoxy groups -OCH3 is 1. The monoisotopic (exact) mass is 176 g/mol. The lowest BCUT2D eigenvalue weighted by atomic mass is 10.3. The van der Waals surface area contributed by atoms with Gasteiger partial charge in [0.1, 0.15) is 0 Å². The average molecular weight is 176 g/mol. The maximum atomic E-state index is 4.25. The fourth-order valence-electron chi connectivity index (χ4n) is 0.167. The van der Waals surface area contributed by atoms with Crippen LogP contribution in [0.2, 0.25) is 0 Å². The molecule has 0 N–H and O–H groups in total. The Labute approximate surface area is 79.5 Å². The quantitative estimate of drug-likeness (QED) is 0.542. The van der Waals surface area contributed by atoms with Gasteiger partial charge in [-0.2, -0.15) is 0 Å². The molecule has 0 amide bonds. The average Bonchev–Trinajstić information content (AvgIpc) is 2.51. The van der Waals surface area contributed by atoms with Gasteiger partial charge in [0.05, 0.1) is 0 Å². The van der Waals surface area contributed by atoms with E-state index in [2.05, 4.69) is 32.4 Å². The second kappa shape index (κ2) is 13.5. The molecule has 1 nitrogen and oxygen atoms in total. The lowest BCUT2D eigenvalue weighted by molar-refractivity contribution is 0.277. The van der Waals surface area contributed by atoms with Crippen LogP contribution in [0.3, 0.4) is 0 Å². The Hall–Kier alpha value is -0.0400. The Balaban J connectivity index is -0.0000000987. The van der Waals surface area contributed by atoms with Crippen molar-refractivity contribution in [2.24, 2.45) is 11.8 Å². The lowest BCUT2D eigenvalue weighted by Crippen LogP contribution is -1.66. The van der Waals surface area contributed by atoms with Gasteiger partial charge < -0.3 is 4.74 Å². The zero-order valence-electron chi connectivity index (χ0n) is 8.98. The molecule has 0 unspecified atom stereocenters. The van der Waals surface area contributed by atoms with Crippen LogP contribution in [0.4, 0.5) is 0 Å². The molecular weight excluding hydrogens is 148 g/mol. The van der Waals surface area contributed by atoms with E-state index >= 15 is 0 Å². The molecule has 0 atom stereocenters. The third kappa shape index (κ3) is 91.3. The fraction of sp³-hybridized carbons (Fsp3) is 1.00. The maximum Gasteiger partial charge on any atom is 0.0351 e. The molecule has 0 aromatic rings. The summed E-state index contributed by atoms with van der Waals surface area (Å²) >= 11 is 0. The molecule has 1 aliphatic carbocycles. The van der Waals surface area contributed by atoms with Gasteiger partial charge in [0, 0.05) is 14.2 Å². The topological polar surface area (TPSA) is 9.23 Å². The molecule has 0 aromatic carbocycles. The molecule has 0 aromatic heterocycles. The van der Waals surface area contributed by atoms with E-state index in [9.17, 15) is 0 Å². The molecule has 1 aliphatic rings. The first-order valence-electron chi connectivity index (χ1n) is 4.44. The smallest absolute Gasteiger partial charge is 0.0351 e. The van der Waals surface area contributed by atoms with E-state index in [1.807, 2.05) is 0 Å². The maximum absolute atomic E-state index is 4.25. The molecule has 1 heteroatoms. The van der Waals surface area contributed by atoms with E-state index in [0.717, 1.165) is 11.8 Å². The van der Waals surface area contributed by atoms with E-state index in [1.165, 1.54) is 12.8 Å². The van der Waals surface area contributed by atoms with E-state index in [4.69, 9.17) is 0 Å². The van der Waals surface area contributed by atoms with Crippen molar-refractivity contribution in [3.05, 3.63) is 0 Å². The highest BCUT2D eigenvalue weighted by molar-refractivity contribution is 4.65. The van der Waals surface area contributed by atoms with Crippen molar-refractivity contribution >= 4 is 0 Å². The Morgan fingerprint density at radius 1 is 1.08 bits per heavy atom. The standard InChI is InChI=1S/C4H8.C4H10.C2H6O.CH4/c1-4-2-3-4;1-4(2)3;1-3-2;/h4H,2-3H2,1H3;4H,1-3H3;1-2H3;1H4. The Bertz CT molecular complexity index is 53.3. The van der Waals surface area contributed by atoms with Crippen molar-refractivity contribution < 1.29 is 4.74 Å². The zero-order valence-corrected chi connectivity index (χ0v) is 8.98. The number of hydrogen-bond acceptors (Lipinski definition) is 1. The first-order chi connectivity index (χ1) is 5.04. The van der Waals surface area contributed by atoms with Crippen LogP contribution in [0.15, 0.2) is 0 Å². The van der Waals surface area contributed by atoms with Crippen LogP contribution < -0.4 is 0 Å². The van der Waals surface area contributed by atoms with Crippen molar-refractivity contribution in [2.75, 3.05) is 14.2 Å². The molecule has 1 saturated carbocycles. The summed E-state index contributed by atoms with van der Waals surface area (Å²) in [5.41, 5.74) is 0. The van der Waals surface area contributed by atoms with Crippen molar-refractivity contribution in [3.63, 3.8) is 0 Å². The summed E-state index contributed by atoms with van der Waals surface area (Å²) in [6.07, 6.45) is 2.97.